The molecule has 2 fully saturated rings. The Labute approximate surface area is 168 Å². The van der Waals surface area contributed by atoms with E-state index in [-0.39, 0.29) is 36.4 Å². The van der Waals surface area contributed by atoms with Gasteiger partial charge in [-0.2, -0.15) is 0 Å². The van der Waals surface area contributed by atoms with Gasteiger partial charge >= 0.3 is 6.09 Å². The molecular weight excluding hydrogens is 354 g/mol. The number of carbonyl (C=O) groups is 2. The van der Waals surface area contributed by atoms with Gasteiger partial charge in [-0.1, -0.05) is 31.2 Å². The number of hydrogen-bond donors (Lipinski definition) is 1. The molecule has 2 aliphatic rings. The molecule has 2 aliphatic heterocycles. The lowest BCUT2D eigenvalue weighted by atomic mass is 9.81. The fourth-order valence-electron chi connectivity index (χ4n) is 4.57. The first kappa shape index (κ1) is 20.6. The van der Waals surface area contributed by atoms with Crippen LogP contribution in [0.25, 0.3) is 0 Å². The molecule has 6 heteroatoms. The Bertz CT molecular complexity index is 711. The van der Waals surface area contributed by atoms with Crippen LogP contribution in [0.5, 0.6) is 0 Å². The maximum Gasteiger partial charge on any atom is 0.410 e. The molecule has 0 bridgehead atoms. The average molecular weight is 388 g/mol. The molecule has 0 radical (unpaired) electrons. The summed E-state index contributed by atoms with van der Waals surface area (Å²) in [5, 5.41) is 0. The van der Waals surface area contributed by atoms with Gasteiger partial charge in [-0.05, 0) is 44.7 Å². The number of ether oxygens (including phenoxy) is 1. The molecule has 3 atom stereocenters. The number of benzene rings is 1. The Balaban J connectivity index is 1.81. The van der Waals surface area contributed by atoms with Crippen LogP contribution in [0.3, 0.4) is 0 Å². The Hall–Kier alpha value is -2.08. The number of hydrogen-bond acceptors (Lipinski definition) is 4. The summed E-state index contributed by atoms with van der Waals surface area (Å²) in [6, 6.07) is 9.01. The van der Waals surface area contributed by atoms with Crippen molar-refractivity contribution in [2.75, 3.05) is 26.2 Å². The van der Waals surface area contributed by atoms with Gasteiger partial charge in [0.05, 0.1) is 6.54 Å². The zero-order valence-electron chi connectivity index (χ0n) is 17.5. The van der Waals surface area contributed by atoms with E-state index in [0.29, 0.717) is 13.1 Å². The summed E-state index contributed by atoms with van der Waals surface area (Å²) < 4.78 is 5.59. The first-order valence-corrected chi connectivity index (χ1v) is 10.3. The summed E-state index contributed by atoms with van der Waals surface area (Å²) in [7, 11) is 0. The number of amides is 2. The SMILES string of the molecule is CCc1ccc([C@H]2CN(CC(N)=O)[C@@H]3CCN(C(=O)OC(C)(C)C)C[C@H]23)cc1. The molecule has 154 valence electrons. The molecule has 2 heterocycles. The lowest BCUT2D eigenvalue weighted by Gasteiger charge is -2.39. The van der Waals surface area contributed by atoms with Crippen LogP contribution in [0.4, 0.5) is 4.79 Å². The average Bonchev–Trinajstić information content (AvgIpc) is 2.97. The maximum atomic E-state index is 12.6. The van der Waals surface area contributed by atoms with Gasteiger partial charge < -0.3 is 15.4 Å². The van der Waals surface area contributed by atoms with Crippen molar-refractivity contribution < 1.29 is 14.3 Å². The maximum absolute atomic E-state index is 12.6. The van der Waals surface area contributed by atoms with E-state index in [9.17, 15) is 9.59 Å². The Morgan fingerprint density at radius 3 is 2.43 bits per heavy atom. The number of piperidine rings is 1. The van der Waals surface area contributed by atoms with Crippen molar-refractivity contribution >= 4 is 12.0 Å². The molecule has 0 aliphatic carbocycles. The summed E-state index contributed by atoms with van der Waals surface area (Å²) in [6.45, 7) is 10.2. The van der Waals surface area contributed by atoms with Crippen LogP contribution in [-0.2, 0) is 16.0 Å². The standard InChI is InChI=1S/C22H33N3O3/c1-5-15-6-8-16(9-7-15)17-12-25(14-20(23)26)19-10-11-24(13-18(17)19)21(27)28-22(2,3)4/h6-9,17-19H,5,10-14H2,1-4H3,(H2,23,26)/t17-,18-,19-/m1/s1. The van der Waals surface area contributed by atoms with Crippen LogP contribution in [0.2, 0.25) is 0 Å². The fourth-order valence-corrected chi connectivity index (χ4v) is 4.57. The molecule has 0 spiro atoms. The van der Waals surface area contributed by atoms with E-state index in [0.717, 1.165) is 19.4 Å². The smallest absolute Gasteiger partial charge is 0.410 e. The molecule has 3 rings (SSSR count). The van der Waals surface area contributed by atoms with Crippen molar-refractivity contribution in [1.82, 2.24) is 9.80 Å². The highest BCUT2D eigenvalue weighted by Crippen LogP contribution is 2.41. The second-order valence-corrected chi connectivity index (χ2v) is 9.04. The van der Waals surface area contributed by atoms with E-state index in [1.165, 1.54) is 11.1 Å². The number of likely N-dealkylation sites (tertiary alicyclic amines) is 2. The molecule has 1 aromatic carbocycles. The first-order chi connectivity index (χ1) is 13.2. The molecule has 28 heavy (non-hydrogen) atoms. The zero-order valence-corrected chi connectivity index (χ0v) is 17.5. The summed E-state index contributed by atoms with van der Waals surface area (Å²) in [6.07, 6.45) is 1.59. The summed E-state index contributed by atoms with van der Waals surface area (Å²) in [5.41, 5.74) is 7.57. The second-order valence-electron chi connectivity index (χ2n) is 9.04. The molecule has 0 aromatic heterocycles. The van der Waals surface area contributed by atoms with E-state index in [2.05, 4.69) is 36.1 Å². The van der Waals surface area contributed by atoms with Crippen LogP contribution in [0.15, 0.2) is 24.3 Å². The number of aryl methyl sites for hydroxylation is 1. The quantitative estimate of drug-likeness (QED) is 0.862. The van der Waals surface area contributed by atoms with Crippen molar-refractivity contribution in [3.63, 3.8) is 0 Å². The lowest BCUT2D eigenvalue weighted by Crippen LogP contribution is -2.50. The van der Waals surface area contributed by atoms with Crippen molar-refractivity contribution in [3.05, 3.63) is 35.4 Å². The number of nitrogens with zero attached hydrogens (tertiary/aromatic N) is 2. The van der Waals surface area contributed by atoms with Crippen LogP contribution >= 0.6 is 0 Å². The lowest BCUT2D eigenvalue weighted by molar-refractivity contribution is -0.119. The molecule has 1 aromatic rings. The molecular formula is C22H33N3O3. The van der Waals surface area contributed by atoms with Crippen molar-refractivity contribution in [1.29, 1.82) is 0 Å². The van der Waals surface area contributed by atoms with Crippen molar-refractivity contribution in [2.24, 2.45) is 11.7 Å². The van der Waals surface area contributed by atoms with Gasteiger partial charge in [0.15, 0.2) is 0 Å². The molecule has 0 saturated carbocycles. The third-order valence-electron chi connectivity index (χ3n) is 5.86. The van der Waals surface area contributed by atoms with E-state index in [1.807, 2.05) is 25.7 Å². The Morgan fingerprint density at radius 2 is 1.86 bits per heavy atom. The molecule has 2 saturated heterocycles. The third kappa shape index (κ3) is 4.66. The third-order valence-corrected chi connectivity index (χ3v) is 5.86. The van der Waals surface area contributed by atoms with Crippen LogP contribution in [0.1, 0.15) is 51.2 Å². The summed E-state index contributed by atoms with van der Waals surface area (Å²) in [5.74, 6) is 0.254. The largest absolute Gasteiger partial charge is 0.444 e. The summed E-state index contributed by atoms with van der Waals surface area (Å²) in [4.78, 5) is 28.2. The van der Waals surface area contributed by atoms with Gasteiger partial charge in [0.1, 0.15) is 5.60 Å². The van der Waals surface area contributed by atoms with Crippen LogP contribution < -0.4 is 5.73 Å². The fraction of sp³-hybridized carbons (Fsp3) is 0.636. The minimum Gasteiger partial charge on any atom is -0.444 e. The number of rotatable bonds is 4. The highest BCUT2D eigenvalue weighted by atomic mass is 16.6. The summed E-state index contributed by atoms with van der Waals surface area (Å²) >= 11 is 0. The monoisotopic (exact) mass is 387 g/mol. The van der Waals surface area contributed by atoms with E-state index < -0.39 is 5.60 Å². The van der Waals surface area contributed by atoms with E-state index in [4.69, 9.17) is 10.5 Å². The number of primary amides is 1. The predicted molar refractivity (Wildman–Crippen MR) is 109 cm³/mol. The molecule has 0 unspecified atom stereocenters. The van der Waals surface area contributed by atoms with Gasteiger partial charge in [-0.25, -0.2) is 4.79 Å². The van der Waals surface area contributed by atoms with Gasteiger partial charge in [0, 0.05) is 37.5 Å². The van der Waals surface area contributed by atoms with Gasteiger partial charge in [0.2, 0.25) is 5.91 Å². The van der Waals surface area contributed by atoms with Gasteiger partial charge in [-0.15, -0.1) is 0 Å². The molecule has 2 amide bonds. The van der Waals surface area contributed by atoms with E-state index in [1.54, 1.807) is 0 Å². The predicted octanol–water partition coefficient (Wildman–Crippen LogP) is 2.76. The van der Waals surface area contributed by atoms with Crippen LogP contribution in [0, 0.1) is 5.92 Å². The number of nitrogens with two attached hydrogens (primary N) is 1. The zero-order chi connectivity index (χ0) is 20.5. The molecule has 2 N–H and O–H groups in total. The highest BCUT2D eigenvalue weighted by Gasteiger charge is 2.46. The Kier molecular flexibility index (Phi) is 5.98. The highest BCUT2D eigenvalue weighted by molar-refractivity contribution is 5.76. The first-order valence-electron chi connectivity index (χ1n) is 10.3. The van der Waals surface area contributed by atoms with Crippen LogP contribution in [-0.4, -0.2) is 59.6 Å². The number of fused-ring (bicyclic) bond motifs is 1. The van der Waals surface area contributed by atoms with Gasteiger partial charge in [-0.3, -0.25) is 9.69 Å². The number of carbonyl (C=O) groups excluding carboxylic acids is 2. The topological polar surface area (TPSA) is 75.9 Å². The second kappa shape index (κ2) is 8.11. The minimum atomic E-state index is -0.503. The van der Waals surface area contributed by atoms with Crippen molar-refractivity contribution in [3.8, 4) is 0 Å². The van der Waals surface area contributed by atoms with E-state index >= 15 is 0 Å². The Morgan fingerprint density at radius 1 is 1.18 bits per heavy atom. The van der Waals surface area contributed by atoms with Crippen molar-refractivity contribution in [2.45, 2.75) is 58.1 Å². The minimum absolute atomic E-state index is 0.251. The normalized spacial score (nSPS) is 25.4. The molecule has 6 nitrogen and oxygen atoms in total. The van der Waals surface area contributed by atoms with Gasteiger partial charge in [0.25, 0.3) is 0 Å².